The number of rotatable bonds is 7. The summed E-state index contributed by atoms with van der Waals surface area (Å²) in [5.41, 5.74) is 0.404. The van der Waals surface area contributed by atoms with E-state index in [1.54, 1.807) is 24.3 Å². The maximum Gasteiger partial charge on any atom is 0.311 e. The van der Waals surface area contributed by atoms with Crippen molar-refractivity contribution < 1.29 is 14.3 Å². The zero-order valence-electron chi connectivity index (χ0n) is 9.52. The number of alkyl halides is 1. The van der Waals surface area contributed by atoms with Crippen LogP contribution >= 0.6 is 15.9 Å². The molecule has 0 radical (unpaired) electrons. The Labute approximate surface area is 109 Å². The monoisotopic (exact) mass is 298 g/mol. The van der Waals surface area contributed by atoms with Gasteiger partial charge < -0.3 is 4.74 Å². The van der Waals surface area contributed by atoms with Crippen LogP contribution in [0.4, 0.5) is 0 Å². The topological polar surface area (TPSA) is 43.4 Å². The van der Waals surface area contributed by atoms with Crippen molar-refractivity contribution in [2.75, 3.05) is 5.33 Å². The molecular weight excluding hydrogens is 284 g/mol. The molecule has 0 N–H and O–H groups in total. The van der Waals surface area contributed by atoms with E-state index in [1.807, 2.05) is 0 Å². The second kappa shape index (κ2) is 8.01. The Bertz CT molecular complexity index is 377. The van der Waals surface area contributed by atoms with Crippen LogP contribution in [0.25, 0.3) is 0 Å². The summed E-state index contributed by atoms with van der Waals surface area (Å²) in [6, 6.07) is 6.72. The molecule has 0 heterocycles. The summed E-state index contributed by atoms with van der Waals surface area (Å²) >= 11 is 3.33. The summed E-state index contributed by atoms with van der Waals surface area (Å²) in [7, 11) is 0. The first kappa shape index (κ1) is 13.9. The molecule has 0 atom stereocenters. The quantitative estimate of drug-likeness (QED) is 0.255. The number of unbranched alkanes of at least 4 members (excludes halogenated alkanes) is 2. The fraction of sp³-hybridized carbons (Fsp3) is 0.385. The van der Waals surface area contributed by atoms with Gasteiger partial charge in [0.2, 0.25) is 0 Å². The third-order valence-corrected chi connectivity index (χ3v) is 2.85. The molecule has 0 saturated carbocycles. The van der Waals surface area contributed by atoms with Gasteiger partial charge in [-0.25, -0.2) is 0 Å². The molecule has 0 aliphatic rings. The van der Waals surface area contributed by atoms with Gasteiger partial charge in [-0.05, 0) is 25.0 Å². The highest BCUT2D eigenvalue weighted by Crippen LogP contribution is 2.16. The Morgan fingerprint density at radius 1 is 1.24 bits per heavy atom. The van der Waals surface area contributed by atoms with E-state index in [-0.39, 0.29) is 5.97 Å². The van der Waals surface area contributed by atoms with E-state index >= 15 is 0 Å². The highest BCUT2D eigenvalue weighted by molar-refractivity contribution is 9.09. The van der Waals surface area contributed by atoms with Gasteiger partial charge in [-0.15, -0.1) is 0 Å². The van der Waals surface area contributed by atoms with Gasteiger partial charge in [-0.3, -0.25) is 9.59 Å². The number of esters is 1. The molecule has 0 spiro atoms. The molecule has 0 aliphatic carbocycles. The summed E-state index contributed by atoms with van der Waals surface area (Å²) in [6.07, 6.45) is 3.94. The molecule has 0 fully saturated rings. The summed E-state index contributed by atoms with van der Waals surface area (Å²) in [6.45, 7) is 0. The fourth-order valence-electron chi connectivity index (χ4n) is 1.39. The van der Waals surface area contributed by atoms with Crippen molar-refractivity contribution in [1.29, 1.82) is 0 Å². The second-order valence-electron chi connectivity index (χ2n) is 3.63. The summed E-state index contributed by atoms with van der Waals surface area (Å²) in [5.74, 6) is 0.0573. The van der Waals surface area contributed by atoms with E-state index in [1.165, 1.54) is 0 Å². The van der Waals surface area contributed by atoms with Crippen molar-refractivity contribution in [2.45, 2.75) is 25.7 Å². The molecule has 1 aromatic carbocycles. The first-order chi connectivity index (χ1) is 8.27. The minimum atomic E-state index is -0.283. The van der Waals surface area contributed by atoms with Crippen molar-refractivity contribution in [1.82, 2.24) is 0 Å². The molecule has 4 heteroatoms. The Morgan fingerprint density at radius 3 is 2.71 bits per heavy atom. The molecule has 1 aromatic rings. The molecule has 0 aliphatic heterocycles. The molecule has 17 heavy (non-hydrogen) atoms. The van der Waals surface area contributed by atoms with Gasteiger partial charge in [0.15, 0.2) is 6.29 Å². The van der Waals surface area contributed by atoms with Gasteiger partial charge in [-0.1, -0.05) is 34.5 Å². The van der Waals surface area contributed by atoms with Crippen molar-refractivity contribution in [3.05, 3.63) is 29.8 Å². The number of carbonyl (C=O) groups is 2. The molecule has 0 aromatic heterocycles. The lowest BCUT2D eigenvalue weighted by Gasteiger charge is -2.05. The van der Waals surface area contributed by atoms with E-state index in [4.69, 9.17) is 4.74 Å². The largest absolute Gasteiger partial charge is 0.426 e. The van der Waals surface area contributed by atoms with E-state index in [2.05, 4.69) is 15.9 Å². The third-order valence-electron chi connectivity index (χ3n) is 2.28. The van der Waals surface area contributed by atoms with Crippen molar-refractivity contribution in [3.8, 4) is 5.75 Å². The molecular formula is C13H15BrO3. The van der Waals surface area contributed by atoms with Crippen LogP contribution in [-0.2, 0) is 4.79 Å². The van der Waals surface area contributed by atoms with E-state index in [0.29, 0.717) is 24.0 Å². The highest BCUT2D eigenvalue weighted by atomic mass is 79.9. The second-order valence-corrected chi connectivity index (χ2v) is 4.42. The predicted molar refractivity (Wildman–Crippen MR) is 69.7 cm³/mol. The Hall–Kier alpha value is -1.16. The number of carbonyl (C=O) groups excluding carboxylic acids is 2. The van der Waals surface area contributed by atoms with Crippen LogP contribution in [-0.4, -0.2) is 17.6 Å². The lowest BCUT2D eigenvalue weighted by atomic mass is 10.2. The predicted octanol–water partition coefficient (Wildman–Crippen LogP) is 3.36. The lowest BCUT2D eigenvalue weighted by molar-refractivity contribution is -0.134. The number of para-hydroxylation sites is 1. The van der Waals surface area contributed by atoms with Gasteiger partial charge in [0.05, 0.1) is 5.56 Å². The smallest absolute Gasteiger partial charge is 0.311 e. The number of aldehydes is 1. The maximum absolute atomic E-state index is 11.5. The maximum atomic E-state index is 11.5. The Kier molecular flexibility index (Phi) is 6.55. The summed E-state index contributed by atoms with van der Waals surface area (Å²) in [5, 5.41) is 0.954. The SMILES string of the molecule is O=Cc1ccccc1OC(=O)CCCCCBr. The molecule has 3 nitrogen and oxygen atoms in total. The number of ether oxygens (including phenoxy) is 1. The van der Waals surface area contributed by atoms with Crippen LogP contribution in [0.3, 0.4) is 0 Å². The molecule has 1 rings (SSSR count). The lowest BCUT2D eigenvalue weighted by Crippen LogP contribution is -2.08. The van der Waals surface area contributed by atoms with E-state index in [9.17, 15) is 9.59 Å². The summed E-state index contributed by atoms with van der Waals surface area (Å²) in [4.78, 5) is 22.2. The van der Waals surface area contributed by atoms with Crippen molar-refractivity contribution >= 4 is 28.2 Å². The Morgan fingerprint density at radius 2 is 2.00 bits per heavy atom. The standard InChI is InChI=1S/C13H15BrO3/c14-9-5-1-2-8-13(16)17-12-7-4-3-6-11(12)10-15/h3-4,6-7,10H,1-2,5,8-9H2. The van der Waals surface area contributed by atoms with E-state index < -0.39 is 0 Å². The zero-order valence-corrected chi connectivity index (χ0v) is 11.1. The number of hydrogen-bond donors (Lipinski definition) is 0. The van der Waals surface area contributed by atoms with Crippen molar-refractivity contribution in [2.24, 2.45) is 0 Å². The van der Waals surface area contributed by atoms with Crippen molar-refractivity contribution in [3.63, 3.8) is 0 Å². The average molecular weight is 299 g/mol. The van der Waals surface area contributed by atoms with Crippen LogP contribution in [0.5, 0.6) is 5.75 Å². The molecule has 0 unspecified atom stereocenters. The third kappa shape index (κ3) is 5.13. The first-order valence-corrected chi connectivity index (χ1v) is 6.71. The van der Waals surface area contributed by atoms with Gasteiger partial charge >= 0.3 is 5.97 Å². The average Bonchev–Trinajstić information content (AvgIpc) is 2.35. The van der Waals surface area contributed by atoms with Crippen LogP contribution < -0.4 is 4.74 Å². The summed E-state index contributed by atoms with van der Waals surface area (Å²) < 4.78 is 5.13. The molecule has 0 saturated heterocycles. The van der Waals surface area contributed by atoms with Gasteiger partial charge in [-0.2, -0.15) is 0 Å². The van der Waals surface area contributed by atoms with E-state index in [0.717, 1.165) is 24.6 Å². The molecule has 0 amide bonds. The highest BCUT2D eigenvalue weighted by Gasteiger charge is 2.07. The van der Waals surface area contributed by atoms with Gasteiger partial charge in [0.25, 0.3) is 0 Å². The minimum absolute atomic E-state index is 0.283. The molecule has 92 valence electrons. The molecule has 0 bridgehead atoms. The van der Waals surface area contributed by atoms with Crippen LogP contribution in [0.15, 0.2) is 24.3 Å². The minimum Gasteiger partial charge on any atom is -0.426 e. The van der Waals surface area contributed by atoms with Gasteiger partial charge in [0.1, 0.15) is 5.75 Å². The number of benzene rings is 1. The number of hydrogen-bond acceptors (Lipinski definition) is 3. The zero-order chi connectivity index (χ0) is 12.5. The first-order valence-electron chi connectivity index (χ1n) is 5.58. The van der Waals surface area contributed by atoms with Crippen LogP contribution in [0.1, 0.15) is 36.0 Å². The fourth-order valence-corrected chi connectivity index (χ4v) is 1.78. The van der Waals surface area contributed by atoms with Crippen LogP contribution in [0.2, 0.25) is 0 Å². The van der Waals surface area contributed by atoms with Gasteiger partial charge in [0, 0.05) is 11.8 Å². The van der Waals surface area contributed by atoms with Crippen LogP contribution in [0, 0.1) is 0 Å². The normalized spacial score (nSPS) is 9.94. The number of halogens is 1. The Balaban J connectivity index is 2.42.